The number of anilines is 1. The number of phenolic OH excluding ortho intramolecular Hbond substituents is 1. The van der Waals surface area contributed by atoms with Crippen molar-refractivity contribution in [2.45, 2.75) is 5.92 Å². The van der Waals surface area contributed by atoms with Crippen LogP contribution in [0.5, 0.6) is 17.2 Å². The van der Waals surface area contributed by atoms with Crippen LogP contribution in [0.25, 0.3) is 0 Å². The summed E-state index contributed by atoms with van der Waals surface area (Å²) in [5, 5.41) is 13.0. The van der Waals surface area contributed by atoms with Crippen molar-refractivity contribution >= 4 is 11.6 Å². The summed E-state index contributed by atoms with van der Waals surface area (Å²) in [5.41, 5.74) is 2.16. The molecule has 0 bridgehead atoms. The molecule has 20 heavy (non-hydrogen) atoms. The van der Waals surface area contributed by atoms with Gasteiger partial charge in [0.05, 0.1) is 5.92 Å². The minimum absolute atomic E-state index is 0.0334. The average molecular weight is 269 g/mol. The zero-order valence-electron chi connectivity index (χ0n) is 10.4. The molecule has 0 saturated heterocycles. The van der Waals surface area contributed by atoms with Gasteiger partial charge in [0.15, 0.2) is 11.5 Å². The van der Waals surface area contributed by atoms with Crippen LogP contribution in [0, 0.1) is 0 Å². The number of nitrogens with one attached hydrogen (secondary N) is 1. The molecule has 0 saturated carbocycles. The minimum atomic E-state index is -0.527. The molecule has 0 aliphatic carbocycles. The number of carbonyl (C=O) groups is 1. The first-order valence-corrected chi connectivity index (χ1v) is 6.26. The summed E-state index contributed by atoms with van der Waals surface area (Å²) in [7, 11) is 0. The van der Waals surface area contributed by atoms with Gasteiger partial charge >= 0.3 is 0 Å². The minimum Gasteiger partial charge on any atom is -0.507 e. The number of ether oxygens (including phenoxy) is 2. The normalized spacial score (nSPS) is 18.8. The Kier molecular flexibility index (Phi) is 2.18. The van der Waals surface area contributed by atoms with E-state index in [0.717, 1.165) is 11.3 Å². The van der Waals surface area contributed by atoms with Crippen LogP contribution < -0.4 is 14.8 Å². The molecule has 1 amide bonds. The van der Waals surface area contributed by atoms with Crippen LogP contribution in [0.15, 0.2) is 36.4 Å². The largest absolute Gasteiger partial charge is 0.507 e. The third-order valence-corrected chi connectivity index (χ3v) is 3.62. The molecule has 2 heterocycles. The van der Waals surface area contributed by atoms with Gasteiger partial charge in [-0.1, -0.05) is 18.2 Å². The Bertz CT molecular complexity index is 726. The quantitative estimate of drug-likeness (QED) is 0.832. The van der Waals surface area contributed by atoms with Gasteiger partial charge in [-0.2, -0.15) is 0 Å². The van der Waals surface area contributed by atoms with Crippen LogP contribution in [0.2, 0.25) is 0 Å². The highest BCUT2D eigenvalue weighted by atomic mass is 16.7. The third-order valence-electron chi connectivity index (χ3n) is 3.62. The van der Waals surface area contributed by atoms with Crippen molar-refractivity contribution < 1.29 is 19.4 Å². The number of fused-ring (bicyclic) bond motifs is 2. The molecule has 100 valence electrons. The molecular formula is C15H11NO4. The van der Waals surface area contributed by atoms with E-state index >= 15 is 0 Å². The molecule has 0 radical (unpaired) electrons. The zero-order valence-corrected chi connectivity index (χ0v) is 10.4. The highest BCUT2D eigenvalue weighted by molar-refractivity contribution is 6.05. The molecule has 5 heteroatoms. The van der Waals surface area contributed by atoms with E-state index < -0.39 is 5.92 Å². The van der Waals surface area contributed by atoms with Crippen molar-refractivity contribution in [3.8, 4) is 17.2 Å². The second kappa shape index (κ2) is 3.90. The summed E-state index contributed by atoms with van der Waals surface area (Å²) >= 11 is 0. The van der Waals surface area contributed by atoms with E-state index in [2.05, 4.69) is 5.32 Å². The van der Waals surface area contributed by atoms with Crippen molar-refractivity contribution in [2.75, 3.05) is 12.1 Å². The number of hydrogen-bond acceptors (Lipinski definition) is 4. The number of benzene rings is 2. The fourth-order valence-corrected chi connectivity index (χ4v) is 2.70. The molecule has 5 nitrogen and oxygen atoms in total. The SMILES string of the molecule is O=C1Nc2ccccc2[C@@H]1c1cc2c(cc1O)OCO2. The van der Waals surface area contributed by atoms with Gasteiger partial charge < -0.3 is 19.9 Å². The number of rotatable bonds is 1. The molecule has 0 fully saturated rings. The molecule has 1 atom stereocenters. The summed E-state index contributed by atoms with van der Waals surface area (Å²) in [6.45, 7) is 0.131. The number of para-hydroxylation sites is 1. The van der Waals surface area contributed by atoms with Crippen LogP contribution in [-0.2, 0) is 4.79 Å². The van der Waals surface area contributed by atoms with E-state index in [9.17, 15) is 9.90 Å². The van der Waals surface area contributed by atoms with E-state index in [0.29, 0.717) is 17.1 Å². The fourth-order valence-electron chi connectivity index (χ4n) is 2.70. The zero-order chi connectivity index (χ0) is 13.7. The Morgan fingerprint density at radius 3 is 2.70 bits per heavy atom. The van der Waals surface area contributed by atoms with Crippen LogP contribution in [0.4, 0.5) is 5.69 Å². The topological polar surface area (TPSA) is 67.8 Å². The lowest BCUT2D eigenvalue weighted by Crippen LogP contribution is -2.13. The van der Waals surface area contributed by atoms with E-state index in [1.165, 1.54) is 6.07 Å². The summed E-state index contributed by atoms with van der Waals surface area (Å²) in [5.74, 6) is 0.403. The number of amides is 1. The molecule has 2 aliphatic heterocycles. The lowest BCUT2D eigenvalue weighted by Gasteiger charge is -2.12. The van der Waals surface area contributed by atoms with Crippen LogP contribution in [0.3, 0.4) is 0 Å². The second-order valence-electron chi connectivity index (χ2n) is 4.77. The maximum Gasteiger partial charge on any atom is 0.236 e. The monoisotopic (exact) mass is 269 g/mol. The molecule has 0 spiro atoms. The van der Waals surface area contributed by atoms with E-state index in [4.69, 9.17) is 9.47 Å². The molecule has 2 N–H and O–H groups in total. The first kappa shape index (κ1) is 11.2. The van der Waals surface area contributed by atoms with Crippen molar-refractivity contribution in [3.63, 3.8) is 0 Å². The van der Waals surface area contributed by atoms with Crippen LogP contribution >= 0.6 is 0 Å². The Balaban J connectivity index is 1.88. The first-order chi connectivity index (χ1) is 9.74. The third kappa shape index (κ3) is 1.46. The number of carbonyl (C=O) groups excluding carboxylic acids is 1. The summed E-state index contributed by atoms with van der Waals surface area (Å²) in [4.78, 5) is 12.2. The summed E-state index contributed by atoms with van der Waals surface area (Å²) in [6.07, 6.45) is 0. The smallest absolute Gasteiger partial charge is 0.236 e. The summed E-state index contributed by atoms with van der Waals surface area (Å²) < 4.78 is 10.5. The van der Waals surface area contributed by atoms with Crippen molar-refractivity contribution in [3.05, 3.63) is 47.5 Å². The lowest BCUT2D eigenvalue weighted by molar-refractivity contribution is -0.116. The highest BCUT2D eigenvalue weighted by Gasteiger charge is 2.34. The Labute approximate surface area is 114 Å². The molecular weight excluding hydrogens is 258 g/mol. The van der Waals surface area contributed by atoms with Gasteiger partial charge in [-0.15, -0.1) is 0 Å². The summed E-state index contributed by atoms with van der Waals surface area (Å²) in [6, 6.07) is 10.6. The van der Waals surface area contributed by atoms with Gasteiger partial charge in [-0.05, 0) is 17.7 Å². The highest BCUT2D eigenvalue weighted by Crippen LogP contribution is 2.45. The Hall–Kier alpha value is -2.69. The number of phenols is 1. The molecule has 2 aliphatic rings. The van der Waals surface area contributed by atoms with Gasteiger partial charge in [0.25, 0.3) is 0 Å². The van der Waals surface area contributed by atoms with E-state index in [1.54, 1.807) is 6.07 Å². The van der Waals surface area contributed by atoms with Gasteiger partial charge in [0.2, 0.25) is 12.7 Å². The fraction of sp³-hybridized carbons (Fsp3) is 0.133. The molecule has 0 unspecified atom stereocenters. The first-order valence-electron chi connectivity index (χ1n) is 6.26. The van der Waals surface area contributed by atoms with E-state index in [1.807, 2.05) is 24.3 Å². The van der Waals surface area contributed by atoms with Crippen LogP contribution in [-0.4, -0.2) is 17.8 Å². The van der Waals surface area contributed by atoms with Crippen molar-refractivity contribution in [1.29, 1.82) is 0 Å². The lowest BCUT2D eigenvalue weighted by atomic mass is 9.91. The van der Waals surface area contributed by atoms with Gasteiger partial charge in [-0.25, -0.2) is 0 Å². The molecule has 4 rings (SSSR count). The average Bonchev–Trinajstić information content (AvgIpc) is 3.00. The van der Waals surface area contributed by atoms with Gasteiger partial charge in [0.1, 0.15) is 5.75 Å². The van der Waals surface area contributed by atoms with E-state index in [-0.39, 0.29) is 18.4 Å². The van der Waals surface area contributed by atoms with Gasteiger partial charge in [0, 0.05) is 17.3 Å². The predicted molar refractivity (Wildman–Crippen MR) is 71.1 cm³/mol. The molecule has 0 aromatic heterocycles. The maximum atomic E-state index is 12.2. The predicted octanol–water partition coefficient (Wildman–Crippen LogP) is 2.20. The standard InChI is InChI=1S/C15H11NO4/c17-11-6-13-12(19-7-20-13)5-9(11)14-8-3-1-2-4-10(8)16-15(14)18/h1-6,14,17H,7H2,(H,16,18)/t14-/m1/s1. The number of aromatic hydroxyl groups is 1. The van der Waals surface area contributed by atoms with Gasteiger partial charge in [-0.3, -0.25) is 4.79 Å². The van der Waals surface area contributed by atoms with Crippen molar-refractivity contribution in [1.82, 2.24) is 0 Å². The molecule has 2 aromatic carbocycles. The Morgan fingerprint density at radius 1 is 1.10 bits per heavy atom. The number of hydrogen-bond donors (Lipinski definition) is 2. The maximum absolute atomic E-state index is 12.2. The molecule has 2 aromatic rings. The van der Waals surface area contributed by atoms with Crippen molar-refractivity contribution in [2.24, 2.45) is 0 Å². The van der Waals surface area contributed by atoms with Crippen LogP contribution in [0.1, 0.15) is 17.0 Å². The Morgan fingerprint density at radius 2 is 1.85 bits per heavy atom. The second-order valence-corrected chi connectivity index (χ2v) is 4.77.